The summed E-state index contributed by atoms with van der Waals surface area (Å²) in [6.07, 6.45) is -0.680. The van der Waals surface area contributed by atoms with Crippen molar-refractivity contribution in [3.63, 3.8) is 0 Å². The van der Waals surface area contributed by atoms with Gasteiger partial charge in [-0.2, -0.15) is 5.26 Å². The number of aliphatic hydroxyl groups is 1. The van der Waals surface area contributed by atoms with Gasteiger partial charge in [-0.3, -0.25) is 0 Å². The van der Waals surface area contributed by atoms with Crippen molar-refractivity contribution in [2.45, 2.75) is 26.9 Å². The average molecular weight is 302 g/mol. The number of ether oxygens (including phenoxy) is 1. The molecule has 0 radical (unpaired) electrons. The Morgan fingerprint density at radius 1 is 1.19 bits per heavy atom. The highest BCUT2D eigenvalue weighted by Gasteiger charge is 2.14. The summed E-state index contributed by atoms with van der Waals surface area (Å²) in [5.41, 5.74) is 2.93. The standard InChI is InChI=1S/C17H16ClNO2/c1-10-6-14(18)7-11(2)17(10)21-16-8-13(9-19)4-5-15(16)12(3)20/h4-8,12,20H,1-3H3/t12-/m0/s1. The molecule has 2 rings (SSSR count). The summed E-state index contributed by atoms with van der Waals surface area (Å²) in [4.78, 5) is 0. The Bertz CT molecular complexity index is 694. The fourth-order valence-corrected chi connectivity index (χ4v) is 2.53. The molecule has 0 aliphatic carbocycles. The van der Waals surface area contributed by atoms with E-state index in [9.17, 15) is 5.11 Å². The van der Waals surface area contributed by atoms with Gasteiger partial charge in [0.05, 0.1) is 17.7 Å². The quantitative estimate of drug-likeness (QED) is 0.896. The molecule has 0 aliphatic rings. The molecule has 0 amide bonds. The predicted octanol–water partition coefficient (Wildman–Crippen LogP) is 4.67. The van der Waals surface area contributed by atoms with Crippen molar-refractivity contribution in [1.82, 2.24) is 0 Å². The number of nitriles is 1. The Labute approximate surface area is 129 Å². The zero-order valence-corrected chi connectivity index (χ0v) is 12.9. The highest BCUT2D eigenvalue weighted by atomic mass is 35.5. The van der Waals surface area contributed by atoms with Crippen LogP contribution in [0.2, 0.25) is 5.02 Å². The molecule has 0 saturated carbocycles. The first-order chi connectivity index (χ1) is 9.92. The van der Waals surface area contributed by atoms with Gasteiger partial charge in [0.25, 0.3) is 0 Å². The summed E-state index contributed by atoms with van der Waals surface area (Å²) < 4.78 is 5.96. The number of hydrogen-bond donors (Lipinski definition) is 1. The van der Waals surface area contributed by atoms with Gasteiger partial charge >= 0.3 is 0 Å². The minimum absolute atomic E-state index is 0.484. The molecule has 0 heterocycles. The minimum Gasteiger partial charge on any atom is -0.456 e. The number of aliphatic hydroxyl groups excluding tert-OH is 1. The molecule has 0 unspecified atom stereocenters. The molecule has 0 bridgehead atoms. The van der Waals surface area contributed by atoms with Crippen LogP contribution in [0.4, 0.5) is 0 Å². The van der Waals surface area contributed by atoms with Crippen LogP contribution in [0, 0.1) is 25.2 Å². The second-order valence-corrected chi connectivity index (χ2v) is 5.45. The van der Waals surface area contributed by atoms with Gasteiger partial charge in [0, 0.05) is 10.6 Å². The zero-order chi connectivity index (χ0) is 15.6. The first kappa shape index (κ1) is 15.4. The predicted molar refractivity (Wildman–Crippen MR) is 82.8 cm³/mol. The molecule has 1 N–H and O–H groups in total. The molecule has 0 aliphatic heterocycles. The Kier molecular flexibility index (Phi) is 4.52. The van der Waals surface area contributed by atoms with E-state index in [0.717, 1.165) is 11.1 Å². The lowest BCUT2D eigenvalue weighted by Gasteiger charge is -2.17. The number of nitrogens with zero attached hydrogens (tertiary/aromatic N) is 1. The van der Waals surface area contributed by atoms with E-state index in [2.05, 4.69) is 6.07 Å². The monoisotopic (exact) mass is 301 g/mol. The van der Waals surface area contributed by atoms with E-state index in [1.807, 2.05) is 26.0 Å². The maximum atomic E-state index is 9.84. The van der Waals surface area contributed by atoms with E-state index in [-0.39, 0.29) is 0 Å². The molecule has 1 atom stereocenters. The molecule has 108 valence electrons. The second-order valence-electron chi connectivity index (χ2n) is 5.01. The van der Waals surface area contributed by atoms with Crippen LogP contribution in [0.5, 0.6) is 11.5 Å². The molecule has 0 fully saturated rings. The third-order valence-electron chi connectivity index (χ3n) is 3.23. The van der Waals surface area contributed by atoms with E-state index in [0.29, 0.717) is 27.6 Å². The van der Waals surface area contributed by atoms with Crippen molar-refractivity contribution in [2.24, 2.45) is 0 Å². The van der Waals surface area contributed by atoms with Gasteiger partial charge in [0.15, 0.2) is 0 Å². The third kappa shape index (κ3) is 3.36. The van der Waals surface area contributed by atoms with Gasteiger partial charge in [-0.1, -0.05) is 17.7 Å². The molecular weight excluding hydrogens is 286 g/mol. The van der Waals surface area contributed by atoms with Crippen LogP contribution in [0.1, 0.15) is 35.3 Å². The molecule has 2 aromatic carbocycles. The molecular formula is C17H16ClNO2. The van der Waals surface area contributed by atoms with Crippen LogP contribution in [-0.2, 0) is 0 Å². The van der Waals surface area contributed by atoms with Crippen LogP contribution >= 0.6 is 11.6 Å². The normalized spacial score (nSPS) is 11.8. The van der Waals surface area contributed by atoms with Crippen LogP contribution in [-0.4, -0.2) is 5.11 Å². The van der Waals surface area contributed by atoms with E-state index < -0.39 is 6.10 Å². The van der Waals surface area contributed by atoms with Crippen LogP contribution in [0.25, 0.3) is 0 Å². The summed E-state index contributed by atoms with van der Waals surface area (Å²) in [7, 11) is 0. The summed E-state index contributed by atoms with van der Waals surface area (Å²) in [6, 6.07) is 10.7. The number of halogens is 1. The second kappa shape index (κ2) is 6.17. The Balaban J connectivity index is 2.51. The zero-order valence-electron chi connectivity index (χ0n) is 12.1. The Morgan fingerprint density at radius 2 is 1.81 bits per heavy atom. The van der Waals surface area contributed by atoms with Crippen molar-refractivity contribution in [3.8, 4) is 17.6 Å². The SMILES string of the molecule is Cc1cc(Cl)cc(C)c1Oc1cc(C#N)ccc1[C@H](C)O. The van der Waals surface area contributed by atoms with Gasteiger partial charge in [-0.15, -0.1) is 0 Å². The molecule has 4 heteroatoms. The van der Waals surface area contributed by atoms with Gasteiger partial charge in [0.2, 0.25) is 0 Å². The fraction of sp³-hybridized carbons (Fsp3) is 0.235. The van der Waals surface area contributed by atoms with Gasteiger partial charge in [-0.25, -0.2) is 0 Å². The lowest BCUT2D eigenvalue weighted by atomic mass is 10.1. The number of rotatable bonds is 3. The van der Waals surface area contributed by atoms with Gasteiger partial charge < -0.3 is 9.84 Å². The topological polar surface area (TPSA) is 53.2 Å². The first-order valence-corrected chi connectivity index (χ1v) is 6.97. The van der Waals surface area contributed by atoms with Crippen molar-refractivity contribution in [3.05, 3.63) is 57.6 Å². The summed E-state index contributed by atoms with van der Waals surface area (Å²) >= 11 is 6.02. The molecule has 0 spiro atoms. The smallest absolute Gasteiger partial charge is 0.134 e. The van der Waals surface area contributed by atoms with Crippen LogP contribution in [0.3, 0.4) is 0 Å². The van der Waals surface area contributed by atoms with E-state index >= 15 is 0 Å². The first-order valence-electron chi connectivity index (χ1n) is 6.59. The largest absolute Gasteiger partial charge is 0.456 e. The highest BCUT2D eigenvalue weighted by Crippen LogP contribution is 2.35. The maximum Gasteiger partial charge on any atom is 0.134 e. The van der Waals surface area contributed by atoms with Crippen LogP contribution in [0.15, 0.2) is 30.3 Å². The lowest BCUT2D eigenvalue weighted by Crippen LogP contribution is -1.99. The molecule has 21 heavy (non-hydrogen) atoms. The van der Waals surface area contributed by atoms with E-state index in [1.165, 1.54) is 0 Å². The number of aryl methyl sites for hydroxylation is 2. The molecule has 3 nitrogen and oxygen atoms in total. The van der Waals surface area contributed by atoms with Crippen molar-refractivity contribution in [2.75, 3.05) is 0 Å². The number of hydrogen-bond acceptors (Lipinski definition) is 3. The molecule has 2 aromatic rings. The summed E-state index contributed by atoms with van der Waals surface area (Å²) in [5.74, 6) is 1.17. The Morgan fingerprint density at radius 3 is 2.33 bits per heavy atom. The van der Waals surface area contributed by atoms with Gasteiger partial charge in [0.1, 0.15) is 11.5 Å². The minimum atomic E-state index is -0.680. The van der Waals surface area contributed by atoms with Crippen LogP contribution < -0.4 is 4.74 Å². The van der Waals surface area contributed by atoms with Gasteiger partial charge in [-0.05, 0) is 56.2 Å². The third-order valence-corrected chi connectivity index (χ3v) is 3.45. The average Bonchev–Trinajstić information content (AvgIpc) is 2.42. The lowest BCUT2D eigenvalue weighted by molar-refractivity contribution is 0.195. The Hall–Kier alpha value is -2.02. The van der Waals surface area contributed by atoms with Crippen molar-refractivity contribution >= 4 is 11.6 Å². The molecule has 0 aromatic heterocycles. The fourth-order valence-electron chi connectivity index (χ4n) is 2.21. The van der Waals surface area contributed by atoms with E-state index in [4.69, 9.17) is 21.6 Å². The number of benzene rings is 2. The highest BCUT2D eigenvalue weighted by molar-refractivity contribution is 6.30. The van der Waals surface area contributed by atoms with Crippen molar-refractivity contribution < 1.29 is 9.84 Å². The van der Waals surface area contributed by atoms with Crippen molar-refractivity contribution in [1.29, 1.82) is 5.26 Å². The summed E-state index contributed by atoms with van der Waals surface area (Å²) in [6.45, 7) is 5.48. The molecule has 0 saturated heterocycles. The van der Waals surface area contributed by atoms with E-state index in [1.54, 1.807) is 25.1 Å². The summed E-state index contributed by atoms with van der Waals surface area (Å²) in [5, 5.41) is 19.5. The maximum absolute atomic E-state index is 9.84.